The summed E-state index contributed by atoms with van der Waals surface area (Å²) in [5, 5.41) is 20.0. The molecular formula is C8H9NO4S. The lowest BCUT2D eigenvalue weighted by Gasteiger charge is -1.90. The second-order valence-corrected chi connectivity index (χ2v) is 2.62. The number of allylic oxidation sites excluding steroid dienone is 3. The van der Waals surface area contributed by atoms with Crippen molar-refractivity contribution in [1.82, 2.24) is 0 Å². The molecule has 0 atom stereocenters. The maximum Gasteiger partial charge on any atom is 0.331 e. The average molecular weight is 215 g/mol. The minimum atomic E-state index is -1.11. The van der Waals surface area contributed by atoms with Crippen molar-refractivity contribution in [2.45, 2.75) is 6.92 Å². The first-order valence-corrected chi connectivity index (χ1v) is 4.07. The molecular weight excluding hydrogens is 206 g/mol. The van der Waals surface area contributed by atoms with Crippen LogP contribution in [0.4, 0.5) is 0 Å². The van der Waals surface area contributed by atoms with Crippen molar-refractivity contribution in [2.75, 3.05) is 0 Å². The zero-order chi connectivity index (χ0) is 11.1. The van der Waals surface area contributed by atoms with E-state index in [0.717, 1.165) is 18.2 Å². The molecule has 0 aromatic rings. The van der Waals surface area contributed by atoms with Gasteiger partial charge in [-0.3, -0.25) is 10.1 Å². The Kier molecular flexibility index (Phi) is 5.31. The van der Waals surface area contributed by atoms with Gasteiger partial charge in [-0.25, -0.2) is 4.79 Å². The highest BCUT2D eigenvalue weighted by Crippen LogP contribution is 2.02. The van der Waals surface area contributed by atoms with Gasteiger partial charge in [0.25, 0.3) is 5.70 Å². The van der Waals surface area contributed by atoms with Crippen molar-refractivity contribution in [3.05, 3.63) is 45.0 Å². The van der Waals surface area contributed by atoms with Crippen LogP contribution in [0.25, 0.3) is 0 Å². The van der Waals surface area contributed by atoms with Crippen LogP contribution in [0.2, 0.25) is 0 Å². The number of carboxylic acids is 1. The fourth-order valence-electron chi connectivity index (χ4n) is 0.535. The summed E-state index contributed by atoms with van der Waals surface area (Å²) in [5.74, 6) is -1.11. The van der Waals surface area contributed by atoms with Gasteiger partial charge in [-0.1, -0.05) is 0 Å². The van der Waals surface area contributed by atoms with Crippen LogP contribution in [-0.2, 0) is 4.79 Å². The average Bonchev–Trinajstić information content (AvgIpc) is 2.10. The molecule has 0 saturated heterocycles. The Morgan fingerprint density at radius 3 is 2.43 bits per heavy atom. The number of aliphatic carboxylic acids is 1. The van der Waals surface area contributed by atoms with Crippen LogP contribution in [0.15, 0.2) is 34.9 Å². The van der Waals surface area contributed by atoms with Crippen molar-refractivity contribution in [2.24, 2.45) is 0 Å². The number of carbonyl (C=O) groups is 1. The second-order valence-electron chi connectivity index (χ2n) is 2.32. The van der Waals surface area contributed by atoms with Gasteiger partial charge in [0.05, 0.1) is 4.92 Å². The first-order chi connectivity index (χ1) is 6.49. The highest BCUT2D eigenvalue weighted by Gasteiger charge is 2.04. The molecule has 1 N–H and O–H groups in total. The molecule has 0 aromatic carbocycles. The Morgan fingerprint density at radius 2 is 2.07 bits per heavy atom. The minimum Gasteiger partial charge on any atom is -0.478 e. The lowest BCUT2D eigenvalue weighted by molar-refractivity contribution is -0.418. The summed E-state index contributed by atoms with van der Waals surface area (Å²) in [5.41, 5.74) is -0.197. The van der Waals surface area contributed by atoms with Gasteiger partial charge in [-0.15, -0.1) is 0 Å². The maximum absolute atomic E-state index is 10.3. The molecule has 76 valence electrons. The summed E-state index contributed by atoms with van der Waals surface area (Å²) in [6.07, 6.45) is 3.43. The normalized spacial score (nSPS) is 13.3. The standard InChI is InChI=1S/C8H9NO4S/c1-6(8(10)11)2-3-7(4-5-14)9(12)13/h2-5,14H,1H3,(H,10,11)/b5-4+,6-2+,7-3+. The van der Waals surface area contributed by atoms with Crippen LogP contribution in [-0.4, -0.2) is 16.0 Å². The minimum absolute atomic E-state index is 0.0249. The quantitative estimate of drug-likeness (QED) is 0.245. The Balaban J connectivity index is 4.85. The fourth-order valence-corrected chi connectivity index (χ4v) is 0.688. The van der Waals surface area contributed by atoms with E-state index in [1.807, 2.05) is 0 Å². The molecule has 0 rings (SSSR count). The third-order valence-corrected chi connectivity index (χ3v) is 1.45. The Morgan fingerprint density at radius 1 is 1.50 bits per heavy atom. The molecule has 0 aliphatic carbocycles. The zero-order valence-electron chi connectivity index (χ0n) is 7.38. The number of carboxylic acid groups (broad SMARTS) is 1. The van der Waals surface area contributed by atoms with Crippen LogP contribution in [0.3, 0.4) is 0 Å². The molecule has 0 aliphatic rings. The molecule has 14 heavy (non-hydrogen) atoms. The van der Waals surface area contributed by atoms with Gasteiger partial charge in [0.1, 0.15) is 0 Å². The molecule has 5 nitrogen and oxygen atoms in total. The summed E-state index contributed by atoms with van der Waals surface area (Å²) >= 11 is 3.68. The van der Waals surface area contributed by atoms with Gasteiger partial charge in [-0.2, -0.15) is 12.6 Å². The van der Waals surface area contributed by atoms with Crippen LogP contribution < -0.4 is 0 Å². The molecule has 0 heterocycles. The van der Waals surface area contributed by atoms with E-state index in [1.165, 1.54) is 12.3 Å². The van der Waals surface area contributed by atoms with Crippen LogP contribution in [0.5, 0.6) is 0 Å². The Labute approximate surface area is 86.0 Å². The molecule has 0 saturated carbocycles. The van der Waals surface area contributed by atoms with Gasteiger partial charge in [0.15, 0.2) is 0 Å². The van der Waals surface area contributed by atoms with E-state index in [2.05, 4.69) is 12.6 Å². The van der Waals surface area contributed by atoms with Crippen LogP contribution in [0.1, 0.15) is 6.92 Å². The number of nitro groups is 1. The molecule has 0 bridgehead atoms. The maximum atomic E-state index is 10.3. The van der Waals surface area contributed by atoms with Gasteiger partial charge in [-0.05, 0) is 18.4 Å². The van der Waals surface area contributed by atoms with E-state index in [0.29, 0.717) is 0 Å². The van der Waals surface area contributed by atoms with E-state index >= 15 is 0 Å². The van der Waals surface area contributed by atoms with Gasteiger partial charge >= 0.3 is 5.97 Å². The number of rotatable bonds is 4. The number of hydrogen-bond donors (Lipinski definition) is 2. The van der Waals surface area contributed by atoms with Crippen LogP contribution in [0, 0.1) is 10.1 Å². The monoisotopic (exact) mass is 215 g/mol. The summed E-state index contributed by atoms with van der Waals surface area (Å²) in [4.78, 5) is 20.1. The number of hydrogen-bond acceptors (Lipinski definition) is 4. The molecule has 0 fully saturated rings. The van der Waals surface area contributed by atoms with Crippen molar-refractivity contribution < 1.29 is 14.8 Å². The first-order valence-electron chi connectivity index (χ1n) is 3.56. The highest BCUT2D eigenvalue weighted by molar-refractivity contribution is 7.83. The van der Waals surface area contributed by atoms with Crippen molar-refractivity contribution in [3.63, 3.8) is 0 Å². The lowest BCUT2D eigenvalue weighted by Crippen LogP contribution is -1.97. The van der Waals surface area contributed by atoms with E-state index < -0.39 is 10.9 Å². The summed E-state index contributed by atoms with van der Waals surface area (Å²) in [6, 6.07) is 0. The topological polar surface area (TPSA) is 80.4 Å². The zero-order valence-corrected chi connectivity index (χ0v) is 8.27. The fraction of sp³-hybridized carbons (Fsp3) is 0.125. The van der Waals surface area contributed by atoms with Crippen molar-refractivity contribution in [3.8, 4) is 0 Å². The van der Waals surface area contributed by atoms with Crippen LogP contribution >= 0.6 is 12.6 Å². The summed E-state index contributed by atoms with van der Waals surface area (Å²) in [6.45, 7) is 1.35. The predicted octanol–water partition coefficient (Wildman–Crippen LogP) is 1.62. The number of nitrogens with zero attached hydrogens (tertiary/aromatic N) is 1. The van der Waals surface area contributed by atoms with E-state index in [-0.39, 0.29) is 11.3 Å². The highest BCUT2D eigenvalue weighted by atomic mass is 32.1. The lowest BCUT2D eigenvalue weighted by atomic mass is 10.2. The van der Waals surface area contributed by atoms with Crippen molar-refractivity contribution in [1.29, 1.82) is 0 Å². The first kappa shape index (κ1) is 12.4. The van der Waals surface area contributed by atoms with E-state index in [1.54, 1.807) is 0 Å². The Bertz CT molecular complexity index is 330. The third kappa shape index (κ3) is 4.46. The SMILES string of the molecule is C\C(=C/C=C(\C=C\S)[N+](=O)[O-])C(=O)O. The third-order valence-electron chi connectivity index (χ3n) is 1.30. The molecule has 6 heteroatoms. The molecule has 0 aromatic heterocycles. The Hall–Kier alpha value is -1.56. The second kappa shape index (κ2) is 5.98. The van der Waals surface area contributed by atoms with Gasteiger partial charge < -0.3 is 5.11 Å². The molecule has 0 unspecified atom stereocenters. The van der Waals surface area contributed by atoms with Crippen molar-refractivity contribution >= 4 is 18.6 Å². The molecule has 0 spiro atoms. The van der Waals surface area contributed by atoms with Gasteiger partial charge in [0.2, 0.25) is 0 Å². The summed E-state index contributed by atoms with van der Waals surface area (Å²) in [7, 11) is 0. The molecule has 0 radical (unpaired) electrons. The smallest absolute Gasteiger partial charge is 0.331 e. The largest absolute Gasteiger partial charge is 0.478 e. The molecule has 0 amide bonds. The summed E-state index contributed by atoms with van der Waals surface area (Å²) < 4.78 is 0. The molecule has 0 aliphatic heterocycles. The van der Waals surface area contributed by atoms with Gasteiger partial charge in [0, 0.05) is 17.7 Å². The van der Waals surface area contributed by atoms with E-state index in [4.69, 9.17) is 5.11 Å². The van der Waals surface area contributed by atoms with E-state index in [9.17, 15) is 14.9 Å². The number of thiol groups is 1. The predicted molar refractivity (Wildman–Crippen MR) is 54.6 cm³/mol.